The Balaban J connectivity index is 1.56. The van der Waals surface area contributed by atoms with Gasteiger partial charge in [0.25, 0.3) is 0 Å². The molecule has 3 saturated carbocycles. The molecule has 0 radical (unpaired) electrons. The molecule has 2 nitrogen and oxygen atoms in total. The molecule has 3 fully saturated rings. The van der Waals surface area contributed by atoms with Gasteiger partial charge in [-0.05, 0) is 84.9 Å². The lowest BCUT2D eigenvalue weighted by molar-refractivity contribution is -0.126. The highest BCUT2D eigenvalue weighted by Gasteiger charge is 2.62. The van der Waals surface area contributed by atoms with Gasteiger partial charge in [0, 0.05) is 5.41 Å². The molecular weight excluding hydrogens is 380 g/mol. The number of allylic oxidation sites excluding steroid dienone is 1. The molecule has 0 spiro atoms. The van der Waals surface area contributed by atoms with Crippen LogP contribution in [-0.4, -0.2) is 22.4 Å². The Morgan fingerprint density at radius 3 is 2.35 bits per heavy atom. The average Bonchev–Trinajstić information content (AvgIpc) is 3.03. The second-order valence-corrected chi connectivity index (χ2v) is 13.6. The number of hydrogen-bond acceptors (Lipinski definition) is 2. The van der Waals surface area contributed by atoms with Crippen molar-refractivity contribution in [1.29, 1.82) is 0 Å². The highest BCUT2D eigenvalue weighted by atomic mass is 16.3. The van der Waals surface area contributed by atoms with E-state index in [-0.39, 0.29) is 10.8 Å². The third-order valence-corrected chi connectivity index (χ3v) is 11.1. The van der Waals surface area contributed by atoms with Crippen LogP contribution in [0, 0.1) is 51.8 Å². The van der Waals surface area contributed by atoms with Crippen LogP contribution in [0.2, 0.25) is 0 Å². The minimum absolute atomic E-state index is 0.0490. The van der Waals surface area contributed by atoms with E-state index in [1.165, 1.54) is 56.9 Å². The number of hydrogen-bond donors (Lipinski definition) is 2. The van der Waals surface area contributed by atoms with Crippen molar-refractivity contribution in [2.75, 3.05) is 0 Å². The molecule has 0 amide bonds. The molecule has 0 aromatic rings. The fourth-order valence-corrected chi connectivity index (χ4v) is 9.57. The Labute approximate surface area is 192 Å². The van der Waals surface area contributed by atoms with Crippen molar-refractivity contribution in [2.24, 2.45) is 51.8 Å². The summed E-state index contributed by atoms with van der Waals surface area (Å²) in [4.78, 5) is 0. The summed E-state index contributed by atoms with van der Waals surface area (Å²) in [6.45, 7) is 16.6. The largest absolute Gasteiger partial charge is 0.390 e. The van der Waals surface area contributed by atoms with Crippen LogP contribution in [0.25, 0.3) is 0 Å². The van der Waals surface area contributed by atoms with Crippen LogP contribution < -0.4 is 0 Å². The molecule has 4 aliphatic rings. The molecule has 178 valence electrons. The van der Waals surface area contributed by atoms with Crippen LogP contribution in [0.3, 0.4) is 0 Å². The maximum atomic E-state index is 10.8. The summed E-state index contributed by atoms with van der Waals surface area (Å²) in [5, 5.41) is 21.6. The summed E-state index contributed by atoms with van der Waals surface area (Å²) in [5.41, 5.74) is 1.68. The first-order valence-corrected chi connectivity index (χ1v) is 13.5. The second kappa shape index (κ2) is 8.15. The summed E-state index contributed by atoms with van der Waals surface area (Å²) in [5.74, 6) is 4.83. The molecule has 31 heavy (non-hydrogen) atoms. The van der Waals surface area contributed by atoms with E-state index >= 15 is 0 Å². The van der Waals surface area contributed by atoms with Crippen molar-refractivity contribution in [1.82, 2.24) is 0 Å². The monoisotopic (exact) mass is 430 g/mol. The van der Waals surface area contributed by atoms with Crippen LogP contribution in [0.1, 0.15) is 106 Å². The summed E-state index contributed by atoms with van der Waals surface area (Å²) < 4.78 is 0. The standard InChI is InChI=1S/C29H50O2/c1-18(2)9-8-10-19(3)21-12-13-22-20-11-14-25-27(4,5)26(31)24(30)17-29(25,7)23(20)15-16-28(21,22)6/h14,18-24,26,30-31H,8-13,15-17H2,1-7H3/t19-,20+,21-,22+,23+,24+,26+,28-,29-/m1/s1. The van der Waals surface area contributed by atoms with E-state index in [0.29, 0.717) is 11.3 Å². The molecule has 4 aliphatic carbocycles. The molecule has 0 aliphatic heterocycles. The first kappa shape index (κ1) is 23.8. The quantitative estimate of drug-likeness (QED) is 0.461. The molecule has 0 aromatic carbocycles. The van der Waals surface area contributed by atoms with Gasteiger partial charge >= 0.3 is 0 Å². The summed E-state index contributed by atoms with van der Waals surface area (Å²) in [7, 11) is 0. The maximum absolute atomic E-state index is 10.8. The Hall–Kier alpha value is -0.340. The van der Waals surface area contributed by atoms with Gasteiger partial charge in [0.2, 0.25) is 0 Å². The van der Waals surface area contributed by atoms with Gasteiger partial charge in [-0.15, -0.1) is 0 Å². The fourth-order valence-electron chi connectivity index (χ4n) is 9.57. The smallest absolute Gasteiger partial charge is 0.0887 e. The summed E-state index contributed by atoms with van der Waals surface area (Å²) >= 11 is 0. The van der Waals surface area contributed by atoms with Crippen molar-refractivity contribution in [3.63, 3.8) is 0 Å². The predicted octanol–water partition coefficient (Wildman–Crippen LogP) is 7.00. The van der Waals surface area contributed by atoms with Gasteiger partial charge in [-0.2, -0.15) is 0 Å². The Morgan fingerprint density at radius 2 is 1.68 bits per heavy atom. The molecular formula is C29H50O2. The number of fused-ring (bicyclic) bond motifs is 5. The first-order valence-electron chi connectivity index (χ1n) is 13.5. The molecule has 0 heterocycles. The highest BCUT2D eigenvalue weighted by molar-refractivity contribution is 5.32. The predicted molar refractivity (Wildman–Crippen MR) is 130 cm³/mol. The van der Waals surface area contributed by atoms with Gasteiger partial charge in [0.1, 0.15) is 0 Å². The van der Waals surface area contributed by atoms with Crippen LogP contribution in [-0.2, 0) is 0 Å². The highest BCUT2D eigenvalue weighted by Crippen LogP contribution is 2.69. The second-order valence-electron chi connectivity index (χ2n) is 13.6. The summed E-state index contributed by atoms with van der Waals surface area (Å²) in [6, 6.07) is 0. The van der Waals surface area contributed by atoms with Crippen LogP contribution in [0.5, 0.6) is 0 Å². The Morgan fingerprint density at radius 1 is 0.968 bits per heavy atom. The van der Waals surface area contributed by atoms with Crippen molar-refractivity contribution in [3.8, 4) is 0 Å². The minimum Gasteiger partial charge on any atom is -0.390 e. The summed E-state index contributed by atoms with van der Waals surface area (Å²) in [6.07, 6.45) is 12.9. The van der Waals surface area contributed by atoms with Crippen molar-refractivity contribution in [2.45, 2.75) is 118 Å². The normalized spacial score (nSPS) is 47.4. The Kier molecular flexibility index (Phi) is 6.26. The molecule has 0 unspecified atom stereocenters. The molecule has 2 N–H and O–H groups in total. The van der Waals surface area contributed by atoms with E-state index in [1.54, 1.807) is 0 Å². The maximum Gasteiger partial charge on any atom is 0.0887 e. The minimum atomic E-state index is -0.639. The lowest BCUT2D eigenvalue weighted by atomic mass is 9.44. The van der Waals surface area contributed by atoms with Gasteiger partial charge in [0.15, 0.2) is 0 Å². The molecule has 2 heteroatoms. The number of aliphatic hydroxyl groups is 2. The molecule has 4 rings (SSSR count). The third-order valence-electron chi connectivity index (χ3n) is 11.1. The Bertz CT molecular complexity index is 693. The number of rotatable bonds is 5. The first-order chi connectivity index (χ1) is 14.4. The van der Waals surface area contributed by atoms with Crippen LogP contribution in [0.15, 0.2) is 11.6 Å². The van der Waals surface area contributed by atoms with Gasteiger partial charge in [-0.1, -0.05) is 79.4 Å². The zero-order chi connectivity index (χ0) is 22.8. The van der Waals surface area contributed by atoms with E-state index in [0.717, 1.165) is 36.0 Å². The molecule has 0 aromatic heterocycles. The van der Waals surface area contributed by atoms with Crippen LogP contribution in [0.4, 0.5) is 0 Å². The zero-order valence-corrected chi connectivity index (χ0v) is 21.5. The van der Waals surface area contributed by atoms with Gasteiger partial charge < -0.3 is 10.2 Å². The lowest BCUT2D eigenvalue weighted by Crippen LogP contribution is -2.58. The fraction of sp³-hybridized carbons (Fsp3) is 0.931. The van der Waals surface area contributed by atoms with E-state index in [1.807, 2.05) is 0 Å². The molecule has 0 saturated heterocycles. The third kappa shape index (κ3) is 3.67. The van der Waals surface area contributed by atoms with E-state index < -0.39 is 12.2 Å². The van der Waals surface area contributed by atoms with Crippen molar-refractivity contribution < 1.29 is 10.2 Å². The van der Waals surface area contributed by atoms with Crippen molar-refractivity contribution >= 4 is 0 Å². The molecule has 0 bridgehead atoms. The van der Waals surface area contributed by atoms with E-state index in [2.05, 4.69) is 54.5 Å². The van der Waals surface area contributed by atoms with E-state index in [4.69, 9.17) is 0 Å². The van der Waals surface area contributed by atoms with Gasteiger partial charge in [-0.3, -0.25) is 0 Å². The van der Waals surface area contributed by atoms with Crippen LogP contribution >= 0.6 is 0 Å². The van der Waals surface area contributed by atoms with E-state index in [9.17, 15) is 10.2 Å². The molecule has 9 atom stereocenters. The number of aliphatic hydroxyl groups excluding tert-OH is 2. The van der Waals surface area contributed by atoms with Crippen molar-refractivity contribution in [3.05, 3.63) is 11.6 Å². The topological polar surface area (TPSA) is 40.5 Å². The SMILES string of the molecule is CC(C)CCC[C@@H](C)[C@H]1CC[C@H]2[C@@H]3CC=C4C(C)(C)[C@@H](O)[C@@H](O)C[C@]4(C)[C@H]3CC[C@]12C. The van der Waals surface area contributed by atoms with Gasteiger partial charge in [0.05, 0.1) is 12.2 Å². The average molecular weight is 431 g/mol. The zero-order valence-electron chi connectivity index (χ0n) is 21.5. The lowest BCUT2D eigenvalue weighted by Gasteiger charge is -2.62. The van der Waals surface area contributed by atoms with Gasteiger partial charge in [-0.25, -0.2) is 0 Å².